The maximum absolute atomic E-state index is 13.3. The number of nitrogens with one attached hydrogen (secondary N) is 3. The summed E-state index contributed by atoms with van der Waals surface area (Å²) in [6.45, 7) is -0.547. The molecule has 0 spiro atoms. The maximum Gasteiger partial charge on any atom is 0.406 e. The van der Waals surface area contributed by atoms with Crippen LogP contribution in [0.3, 0.4) is 0 Å². The quantitative estimate of drug-likeness (QED) is 0.384. The molecule has 1 heterocycles. The Morgan fingerprint density at radius 1 is 1.08 bits per heavy atom. The van der Waals surface area contributed by atoms with Gasteiger partial charge in [0, 0.05) is 24.1 Å². The number of nitrogens with zero attached hydrogens (tertiary/aromatic N) is 2. The first kappa shape index (κ1) is 28.3. The SMILES string of the molecule is COC(=O)NCCC(Cc1cccc(C#N)c1)(C(=O)NCC(=O)NCc1ccc(C#N)s1)S(C)(=O)=O. The van der Waals surface area contributed by atoms with Gasteiger partial charge in [0.25, 0.3) is 0 Å². The number of carbonyl (C=O) groups excluding carboxylic acids is 3. The molecule has 1 unspecified atom stereocenters. The molecule has 0 radical (unpaired) electrons. The van der Waals surface area contributed by atoms with Crippen LogP contribution in [0.4, 0.5) is 4.79 Å². The predicted molar refractivity (Wildman–Crippen MR) is 131 cm³/mol. The van der Waals surface area contributed by atoms with Crippen LogP contribution < -0.4 is 16.0 Å². The minimum atomic E-state index is -4.10. The number of sulfone groups is 1. The van der Waals surface area contributed by atoms with E-state index in [9.17, 15) is 28.1 Å². The van der Waals surface area contributed by atoms with Crippen molar-refractivity contribution in [3.8, 4) is 12.1 Å². The molecular formula is C23H25N5O6S2. The normalized spacial score (nSPS) is 12.3. The van der Waals surface area contributed by atoms with Gasteiger partial charge in [-0.15, -0.1) is 11.3 Å². The summed E-state index contributed by atoms with van der Waals surface area (Å²) in [5, 5.41) is 25.4. The second-order valence-corrected chi connectivity index (χ2v) is 11.3. The molecular weight excluding hydrogens is 506 g/mol. The summed E-state index contributed by atoms with van der Waals surface area (Å²) in [4.78, 5) is 38.4. The van der Waals surface area contributed by atoms with Crippen molar-refractivity contribution in [1.29, 1.82) is 10.5 Å². The largest absolute Gasteiger partial charge is 0.453 e. The molecule has 0 saturated carbocycles. The molecule has 0 aliphatic rings. The van der Waals surface area contributed by atoms with Gasteiger partial charge in [0.15, 0.2) is 14.6 Å². The lowest BCUT2D eigenvalue weighted by atomic mass is 9.93. The molecule has 190 valence electrons. The number of amides is 3. The molecule has 13 heteroatoms. The van der Waals surface area contributed by atoms with E-state index in [0.29, 0.717) is 10.4 Å². The Balaban J connectivity index is 2.22. The van der Waals surface area contributed by atoms with Gasteiger partial charge in [-0.1, -0.05) is 12.1 Å². The number of ether oxygens (including phenoxy) is 1. The third-order valence-electron chi connectivity index (χ3n) is 5.29. The van der Waals surface area contributed by atoms with Crippen LogP contribution in [0.1, 0.15) is 27.3 Å². The molecule has 1 atom stereocenters. The van der Waals surface area contributed by atoms with E-state index < -0.39 is 39.0 Å². The molecule has 3 N–H and O–H groups in total. The number of alkyl carbamates (subject to hydrolysis) is 1. The molecule has 0 saturated heterocycles. The summed E-state index contributed by atoms with van der Waals surface area (Å²) < 4.78 is 28.4. The smallest absolute Gasteiger partial charge is 0.406 e. The first-order valence-electron chi connectivity index (χ1n) is 10.6. The molecule has 0 aliphatic heterocycles. The summed E-state index contributed by atoms with van der Waals surface area (Å²) in [5.74, 6) is -1.48. The summed E-state index contributed by atoms with van der Waals surface area (Å²) in [6.07, 6.45) is -0.486. The van der Waals surface area contributed by atoms with Crippen LogP contribution >= 0.6 is 11.3 Å². The van der Waals surface area contributed by atoms with E-state index >= 15 is 0 Å². The second-order valence-electron chi connectivity index (χ2n) is 7.76. The van der Waals surface area contributed by atoms with Gasteiger partial charge in [-0.2, -0.15) is 10.5 Å². The Morgan fingerprint density at radius 2 is 1.83 bits per heavy atom. The fraction of sp³-hybridized carbons (Fsp3) is 0.348. The van der Waals surface area contributed by atoms with E-state index in [0.717, 1.165) is 18.2 Å². The van der Waals surface area contributed by atoms with Crippen LogP contribution in [0.2, 0.25) is 0 Å². The van der Waals surface area contributed by atoms with Crippen LogP contribution in [0.5, 0.6) is 0 Å². The van der Waals surface area contributed by atoms with Crippen molar-refractivity contribution in [3.63, 3.8) is 0 Å². The highest BCUT2D eigenvalue weighted by molar-refractivity contribution is 7.92. The lowest BCUT2D eigenvalue weighted by Crippen LogP contribution is -2.56. The number of carbonyl (C=O) groups is 3. The maximum atomic E-state index is 13.3. The third-order valence-corrected chi connectivity index (χ3v) is 8.24. The van der Waals surface area contributed by atoms with Gasteiger partial charge in [0.1, 0.15) is 10.9 Å². The Labute approximate surface area is 213 Å². The Hall–Kier alpha value is -3.94. The molecule has 1 aromatic carbocycles. The summed E-state index contributed by atoms with van der Waals surface area (Å²) >= 11 is 1.21. The lowest BCUT2D eigenvalue weighted by molar-refractivity contribution is -0.127. The van der Waals surface area contributed by atoms with E-state index in [2.05, 4.69) is 20.7 Å². The minimum Gasteiger partial charge on any atom is -0.453 e. The van der Waals surface area contributed by atoms with E-state index in [1.54, 1.807) is 30.3 Å². The second kappa shape index (κ2) is 12.7. The van der Waals surface area contributed by atoms with Crippen LogP contribution in [-0.2, 0) is 37.1 Å². The van der Waals surface area contributed by atoms with Crippen molar-refractivity contribution in [2.45, 2.75) is 24.1 Å². The zero-order valence-electron chi connectivity index (χ0n) is 19.7. The number of hydrogen-bond acceptors (Lipinski definition) is 9. The minimum absolute atomic E-state index is 0.141. The first-order chi connectivity index (χ1) is 17.0. The van der Waals surface area contributed by atoms with Crippen molar-refractivity contribution in [3.05, 3.63) is 57.3 Å². The average molecular weight is 532 g/mol. The first-order valence-corrected chi connectivity index (χ1v) is 13.3. The highest BCUT2D eigenvalue weighted by atomic mass is 32.2. The van der Waals surface area contributed by atoms with Crippen LogP contribution in [0.25, 0.3) is 0 Å². The van der Waals surface area contributed by atoms with Gasteiger partial charge in [-0.05, 0) is 36.2 Å². The Bertz CT molecular complexity index is 1310. The standard InChI is InChI=1S/C23H25N5O6S2/c1-34-22(31)26-9-8-23(36(2,32)33,11-16-4-3-5-17(10-16)12-24)21(30)28-15-20(29)27-14-19-7-6-18(13-25)35-19/h3-7,10H,8-9,11,14-15H2,1-2H3,(H,26,31)(H,27,29)(H,28,30). The number of hydrogen-bond donors (Lipinski definition) is 3. The van der Waals surface area contributed by atoms with Gasteiger partial charge >= 0.3 is 6.09 Å². The zero-order valence-corrected chi connectivity index (χ0v) is 21.3. The van der Waals surface area contributed by atoms with E-state index in [1.165, 1.54) is 17.4 Å². The summed E-state index contributed by atoms with van der Waals surface area (Å²) in [6, 6.07) is 13.5. The molecule has 11 nitrogen and oxygen atoms in total. The fourth-order valence-electron chi connectivity index (χ4n) is 3.39. The molecule has 0 bridgehead atoms. The van der Waals surface area contributed by atoms with Crippen molar-refractivity contribution >= 4 is 39.1 Å². The molecule has 0 fully saturated rings. The van der Waals surface area contributed by atoms with Gasteiger partial charge < -0.3 is 20.7 Å². The number of benzene rings is 1. The summed E-state index contributed by atoms with van der Waals surface area (Å²) in [7, 11) is -2.95. The van der Waals surface area contributed by atoms with Crippen LogP contribution in [0.15, 0.2) is 36.4 Å². The third kappa shape index (κ3) is 7.53. The van der Waals surface area contributed by atoms with Crippen molar-refractivity contribution in [1.82, 2.24) is 16.0 Å². The van der Waals surface area contributed by atoms with Crippen molar-refractivity contribution in [2.24, 2.45) is 0 Å². The number of thiophene rings is 1. The van der Waals surface area contributed by atoms with Gasteiger partial charge in [-0.3, -0.25) is 9.59 Å². The molecule has 2 rings (SSSR count). The molecule has 2 aromatic rings. The van der Waals surface area contributed by atoms with Gasteiger partial charge in [0.05, 0.1) is 31.8 Å². The lowest BCUT2D eigenvalue weighted by Gasteiger charge is -2.31. The average Bonchev–Trinajstić information content (AvgIpc) is 3.32. The molecule has 0 aliphatic carbocycles. The number of nitriles is 2. The van der Waals surface area contributed by atoms with Gasteiger partial charge in [-0.25, -0.2) is 13.2 Å². The van der Waals surface area contributed by atoms with E-state index in [1.807, 2.05) is 12.1 Å². The molecule has 36 heavy (non-hydrogen) atoms. The topological polar surface area (TPSA) is 178 Å². The van der Waals surface area contributed by atoms with Crippen molar-refractivity contribution in [2.75, 3.05) is 26.5 Å². The van der Waals surface area contributed by atoms with Gasteiger partial charge in [0.2, 0.25) is 11.8 Å². The molecule has 3 amide bonds. The Morgan fingerprint density at radius 3 is 2.44 bits per heavy atom. The van der Waals surface area contributed by atoms with Crippen LogP contribution in [0, 0.1) is 22.7 Å². The number of rotatable bonds is 11. The van der Waals surface area contributed by atoms with Crippen molar-refractivity contribution < 1.29 is 27.5 Å². The Kier molecular flexibility index (Phi) is 9.96. The zero-order chi connectivity index (χ0) is 26.8. The highest BCUT2D eigenvalue weighted by Crippen LogP contribution is 2.27. The van der Waals surface area contributed by atoms with Crippen LogP contribution in [-0.4, -0.2) is 57.5 Å². The number of methoxy groups -OCH3 is 1. The van der Waals surface area contributed by atoms with E-state index in [4.69, 9.17) is 5.26 Å². The monoisotopic (exact) mass is 531 g/mol. The molecule has 1 aromatic heterocycles. The highest BCUT2D eigenvalue weighted by Gasteiger charge is 2.48. The van der Waals surface area contributed by atoms with E-state index in [-0.39, 0.29) is 31.5 Å². The summed E-state index contributed by atoms with van der Waals surface area (Å²) in [5.41, 5.74) is 0.707. The predicted octanol–water partition coefficient (Wildman–Crippen LogP) is 0.996. The fourth-order valence-corrected chi connectivity index (χ4v) is 5.44.